The van der Waals surface area contributed by atoms with Crippen molar-refractivity contribution in [1.82, 2.24) is 0 Å². The molecule has 142 valence electrons. The average Bonchev–Trinajstić information content (AvgIpc) is 2.65. The summed E-state index contributed by atoms with van der Waals surface area (Å²) in [4.78, 5) is 24.9. The van der Waals surface area contributed by atoms with Crippen LogP contribution in [-0.4, -0.2) is 11.8 Å². The van der Waals surface area contributed by atoms with E-state index in [1.165, 1.54) is 0 Å². The molecule has 6 N–H and O–H groups in total. The Hall–Kier alpha value is -3.80. The van der Waals surface area contributed by atoms with E-state index in [-0.39, 0.29) is 11.8 Å². The van der Waals surface area contributed by atoms with Gasteiger partial charge in [0, 0.05) is 33.9 Å². The van der Waals surface area contributed by atoms with Crippen LogP contribution in [0.25, 0.3) is 0 Å². The highest BCUT2D eigenvalue weighted by Gasteiger charge is 2.13. The number of carbonyl (C=O) groups excluding carboxylic acids is 2. The van der Waals surface area contributed by atoms with Gasteiger partial charge < -0.3 is 22.1 Å². The van der Waals surface area contributed by atoms with E-state index < -0.39 is 0 Å². The van der Waals surface area contributed by atoms with Gasteiger partial charge in [-0.2, -0.15) is 0 Å². The monoisotopic (exact) mass is 374 g/mol. The van der Waals surface area contributed by atoms with Crippen LogP contribution in [0.4, 0.5) is 22.7 Å². The van der Waals surface area contributed by atoms with Crippen molar-refractivity contribution in [1.29, 1.82) is 0 Å². The zero-order valence-electron chi connectivity index (χ0n) is 15.7. The van der Waals surface area contributed by atoms with E-state index in [1.807, 2.05) is 26.0 Å². The molecule has 28 heavy (non-hydrogen) atoms. The molecular weight excluding hydrogens is 352 g/mol. The molecule has 0 heterocycles. The molecule has 0 atom stereocenters. The van der Waals surface area contributed by atoms with Gasteiger partial charge in [0.2, 0.25) is 0 Å². The number of amides is 2. The van der Waals surface area contributed by atoms with Crippen molar-refractivity contribution in [2.75, 3.05) is 22.1 Å². The Morgan fingerprint density at radius 3 is 1.43 bits per heavy atom. The Labute approximate surface area is 163 Å². The van der Waals surface area contributed by atoms with Crippen molar-refractivity contribution in [3.63, 3.8) is 0 Å². The molecule has 0 aliphatic carbocycles. The molecule has 2 amide bonds. The number of aryl methyl sites for hydroxylation is 2. The topological polar surface area (TPSA) is 110 Å². The van der Waals surface area contributed by atoms with Gasteiger partial charge in [0.05, 0.1) is 0 Å². The fourth-order valence-electron chi connectivity index (χ4n) is 2.83. The van der Waals surface area contributed by atoms with E-state index >= 15 is 0 Å². The third-order valence-electron chi connectivity index (χ3n) is 4.37. The van der Waals surface area contributed by atoms with Crippen molar-refractivity contribution in [2.24, 2.45) is 0 Å². The first-order valence-electron chi connectivity index (χ1n) is 8.78. The maximum atomic E-state index is 12.5. The van der Waals surface area contributed by atoms with Gasteiger partial charge in [-0.05, 0) is 73.5 Å². The van der Waals surface area contributed by atoms with Gasteiger partial charge in [-0.3, -0.25) is 9.59 Å². The minimum absolute atomic E-state index is 0.244. The Morgan fingerprint density at radius 2 is 1.07 bits per heavy atom. The highest BCUT2D eigenvalue weighted by Crippen LogP contribution is 2.26. The average molecular weight is 374 g/mol. The molecule has 0 spiro atoms. The minimum atomic E-state index is -0.244. The van der Waals surface area contributed by atoms with Gasteiger partial charge in [0.15, 0.2) is 0 Å². The summed E-state index contributed by atoms with van der Waals surface area (Å²) in [6.45, 7) is 3.73. The highest BCUT2D eigenvalue weighted by molar-refractivity contribution is 6.07. The van der Waals surface area contributed by atoms with Gasteiger partial charge in [0.25, 0.3) is 11.8 Å². The second-order valence-corrected chi connectivity index (χ2v) is 6.64. The van der Waals surface area contributed by atoms with Crippen LogP contribution in [0.3, 0.4) is 0 Å². The van der Waals surface area contributed by atoms with Crippen molar-refractivity contribution in [2.45, 2.75) is 13.8 Å². The molecule has 0 saturated carbocycles. The molecule has 0 aromatic heterocycles. The zero-order valence-corrected chi connectivity index (χ0v) is 15.7. The molecule has 3 aromatic rings. The smallest absolute Gasteiger partial charge is 0.255 e. The molecule has 0 aliphatic heterocycles. The summed E-state index contributed by atoms with van der Waals surface area (Å²) < 4.78 is 0. The van der Waals surface area contributed by atoms with Crippen LogP contribution in [-0.2, 0) is 0 Å². The van der Waals surface area contributed by atoms with Crippen molar-refractivity contribution in [3.8, 4) is 0 Å². The van der Waals surface area contributed by atoms with Crippen LogP contribution in [0.15, 0.2) is 60.7 Å². The number of carbonyl (C=O) groups is 2. The number of hydrogen-bond acceptors (Lipinski definition) is 4. The van der Waals surface area contributed by atoms with Gasteiger partial charge in [0.1, 0.15) is 0 Å². The predicted octanol–water partition coefficient (Wildman–Crippen LogP) is 3.97. The first-order chi connectivity index (χ1) is 13.3. The Bertz CT molecular complexity index is 975. The second-order valence-electron chi connectivity index (χ2n) is 6.64. The number of nitrogen functional groups attached to an aromatic ring is 2. The number of nitrogens with one attached hydrogen (secondary N) is 2. The standard InChI is InChI=1S/C22H22N4O2/c1-13-9-20(26-22(28)16-6-4-8-18(24)12-16)14(2)10-19(13)25-21(27)15-5-3-7-17(23)11-15/h3-12H,23-24H2,1-2H3,(H,25,27)(H,26,28). The Kier molecular flexibility index (Phi) is 5.31. The van der Waals surface area contributed by atoms with Gasteiger partial charge in [-0.1, -0.05) is 12.1 Å². The lowest BCUT2D eigenvalue weighted by atomic mass is 10.1. The molecule has 3 rings (SSSR count). The third kappa shape index (κ3) is 4.29. The molecule has 0 fully saturated rings. The van der Waals surface area contributed by atoms with E-state index in [0.717, 1.165) is 11.1 Å². The summed E-state index contributed by atoms with van der Waals surface area (Å²) in [6, 6.07) is 17.2. The maximum Gasteiger partial charge on any atom is 0.255 e. The molecule has 0 saturated heterocycles. The highest BCUT2D eigenvalue weighted by atomic mass is 16.2. The number of anilines is 4. The van der Waals surface area contributed by atoms with Crippen LogP contribution in [0.5, 0.6) is 0 Å². The lowest BCUT2D eigenvalue weighted by Gasteiger charge is -2.14. The first kappa shape index (κ1) is 19.0. The zero-order chi connectivity index (χ0) is 20.3. The fourth-order valence-corrected chi connectivity index (χ4v) is 2.83. The SMILES string of the molecule is Cc1cc(NC(=O)c2cccc(N)c2)c(C)cc1NC(=O)c1cccc(N)c1. The minimum Gasteiger partial charge on any atom is -0.399 e. The number of hydrogen-bond donors (Lipinski definition) is 4. The maximum absolute atomic E-state index is 12.5. The second kappa shape index (κ2) is 7.84. The first-order valence-corrected chi connectivity index (χ1v) is 8.78. The fraction of sp³-hybridized carbons (Fsp3) is 0.0909. The molecular formula is C22H22N4O2. The quantitative estimate of drug-likeness (QED) is 0.518. The molecule has 3 aromatic carbocycles. The number of rotatable bonds is 4. The molecule has 0 unspecified atom stereocenters. The summed E-state index contributed by atoms with van der Waals surface area (Å²) in [6.07, 6.45) is 0. The van der Waals surface area contributed by atoms with Crippen molar-refractivity contribution < 1.29 is 9.59 Å². The van der Waals surface area contributed by atoms with E-state index in [9.17, 15) is 9.59 Å². The molecule has 0 aliphatic rings. The van der Waals surface area contributed by atoms with Gasteiger partial charge >= 0.3 is 0 Å². The Morgan fingerprint density at radius 1 is 0.679 bits per heavy atom. The summed E-state index contributed by atoms with van der Waals surface area (Å²) >= 11 is 0. The number of nitrogens with two attached hydrogens (primary N) is 2. The van der Waals surface area contributed by atoms with Gasteiger partial charge in [-0.15, -0.1) is 0 Å². The molecule has 0 radical (unpaired) electrons. The van der Waals surface area contributed by atoms with Crippen LogP contribution >= 0.6 is 0 Å². The summed E-state index contributed by atoms with van der Waals surface area (Å²) in [5.74, 6) is -0.488. The molecule has 0 bridgehead atoms. The number of benzene rings is 3. The van der Waals surface area contributed by atoms with Crippen LogP contribution in [0.2, 0.25) is 0 Å². The van der Waals surface area contributed by atoms with Crippen LogP contribution < -0.4 is 22.1 Å². The van der Waals surface area contributed by atoms with Crippen LogP contribution in [0, 0.1) is 13.8 Å². The van der Waals surface area contributed by atoms with E-state index in [0.29, 0.717) is 33.9 Å². The molecule has 6 heteroatoms. The third-order valence-corrected chi connectivity index (χ3v) is 4.37. The summed E-state index contributed by atoms with van der Waals surface area (Å²) in [5.41, 5.74) is 16.5. The molecule has 6 nitrogen and oxygen atoms in total. The van der Waals surface area contributed by atoms with Crippen LogP contribution in [0.1, 0.15) is 31.8 Å². The summed E-state index contributed by atoms with van der Waals surface area (Å²) in [7, 11) is 0. The van der Waals surface area contributed by atoms with E-state index in [2.05, 4.69) is 10.6 Å². The summed E-state index contributed by atoms with van der Waals surface area (Å²) in [5, 5.41) is 5.78. The predicted molar refractivity (Wildman–Crippen MR) is 114 cm³/mol. The largest absolute Gasteiger partial charge is 0.399 e. The normalized spacial score (nSPS) is 10.4. The lowest BCUT2D eigenvalue weighted by Crippen LogP contribution is -2.15. The van der Waals surface area contributed by atoms with E-state index in [4.69, 9.17) is 11.5 Å². The van der Waals surface area contributed by atoms with Crippen molar-refractivity contribution >= 4 is 34.6 Å². The lowest BCUT2D eigenvalue weighted by molar-refractivity contribution is 0.101. The van der Waals surface area contributed by atoms with Gasteiger partial charge in [-0.25, -0.2) is 0 Å². The van der Waals surface area contributed by atoms with E-state index in [1.54, 1.807) is 48.5 Å². The Balaban J connectivity index is 1.79. The van der Waals surface area contributed by atoms with Crippen molar-refractivity contribution in [3.05, 3.63) is 82.9 Å².